The molecule has 0 aliphatic carbocycles. The van der Waals surface area contributed by atoms with E-state index in [1.807, 2.05) is 0 Å². The van der Waals surface area contributed by atoms with E-state index in [2.05, 4.69) is 32.5 Å². The molecule has 0 atom stereocenters. The minimum Gasteiger partial charge on any atom is -0.322 e. The second kappa shape index (κ2) is 7.54. The van der Waals surface area contributed by atoms with Crippen molar-refractivity contribution in [3.63, 3.8) is 0 Å². The van der Waals surface area contributed by atoms with Crippen molar-refractivity contribution in [2.45, 2.75) is 4.90 Å². The Labute approximate surface area is 143 Å². The number of sulfonamides is 1. The van der Waals surface area contributed by atoms with Crippen molar-refractivity contribution in [2.75, 3.05) is 11.9 Å². The van der Waals surface area contributed by atoms with Crippen LogP contribution in [0.3, 0.4) is 0 Å². The van der Waals surface area contributed by atoms with Gasteiger partial charge in [0, 0.05) is 22.3 Å². The summed E-state index contributed by atoms with van der Waals surface area (Å²) in [5.74, 6) is -0.266. The lowest BCUT2D eigenvalue weighted by Gasteiger charge is -2.08. The number of carbonyl (C=O) groups excluding carboxylic acids is 1. The largest absolute Gasteiger partial charge is 0.322 e. The van der Waals surface area contributed by atoms with Crippen LogP contribution in [0.1, 0.15) is 10.4 Å². The first-order valence-electron chi connectivity index (χ1n) is 6.70. The van der Waals surface area contributed by atoms with Gasteiger partial charge in [-0.15, -0.1) is 6.58 Å². The van der Waals surface area contributed by atoms with Crippen molar-refractivity contribution < 1.29 is 13.2 Å². The maximum atomic E-state index is 12.1. The van der Waals surface area contributed by atoms with Gasteiger partial charge in [-0.05, 0) is 48.5 Å². The second-order valence-corrected chi connectivity index (χ2v) is 7.31. The number of benzene rings is 2. The number of nitrogens with one attached hydrogen (secondary N) is 2. The first-order chi connectivity index (χ1) is 10.9. The number of hydrogen-bond acceptors (Lipinski definition) is 3. The van der Waals surface area contributed by atoms with E-state index in [1.165, 1.54) is 18.2 Å². The molecule has 120 valence electrons. The van der Waals surface area contributed by atoms with Crippen LogP contribution >= 0.6 is 15.9 Å². The van der Waals surface area contributed by atoms with Gasteiger partial charge in [-0.25, -0.2) is 13.1 Å². The van der Waals surface area contributed by atoms with Crippen LogP contribution in [0.4, 0.5) is 5.69 Å². The molecule has 0 aliphatic heterocycles. The molecule has 0 fully saturated rings. The molecule has 0 aromatic heterocycles. The first-order valence-corrected chi connectivity index (χ1v) is 8.97. The Morgan fingerprint density at radius 2 is 1.70 bits per heavy atom. The quantitative estimate of drug-likeness (QED) is 0.738. The van der Waals surface area contributed by atoms with Gasteiger partial charge in [0.15, 0.2) is 0 Å². The highest BCUT2D eigenvalue weighted by molar-refractivity contribution is 9.10. The van der Waals surface area contributed by atoms with E-state index in [4.69, 9.17) is 0 Å². The summed E-state index contributed by atoms with van der Waals surface area (Å²) in [5.41, 5.74) is 1.03. The fourth-order valence-corrected chi connectivity index (χ4v) is 3.04. The highest BCUT2D eigenvalue weighted by atomic mass is 79.9. The zero-order valence-corrected chi connectivity index (χ0v) is 14.5. The predicted molar refractivity (Wildman–Crippen MR) is 93.9 cm³/mol. The summed E-state index contributed by atoms with van der Waals surface area (Å²) in [4.78, 5) is 12.2. The van der Waals surface area contributed by atoms with E-state index in [0.29, 0.717) is 11.3 Å². The van der Waals surface area contributed by atoms with Gasteiger partial charge in [0.1, 0.15) is 0 Å². The monoisotopic (exact) mass is 394 g/mol. The third-order valence-corrected chi connectivity index (χ3v) is 4.91. The van der Waals surface area contributed by atoms with Gasteiger partial charge in [0.2, 0.25) is 10.0 Å². The zero-order chi connectivity index (χ0) is 16.9. The summed E-state index contributed by atoms with van der Waals surface area (Å²) in [6, 6.07) is 12.9. The number of anilines is 1. The van der Waals surface area contributed by atoms with Crippen LogP contribution in [0, 0.1) is 0 Å². The molecule has 0 radical (unpaired) electrons. The summed E-state index contributed by atoms with van der Waals surface area (Å²) >= 11 is 3.31. The molecule has 0 saturated carbocycles. The molecule has 5 nitrogen and oxygen atoms in total. The molecule has 2 N–H and O–H groups in total. The zero-order valence-electron chi connectivity index (χ0n) is 12.1. The van der Waals surface area contributed by atoms with E-state index < -0.39 is 10.0 Å². The SMILES string of the molecule is C=CCNS(=O)(=O)c1ccc(NC(=O)c2ccc(Br)cc2)cc1. The standard InChI is InChI=1S/C16H15BrN2O3S/c1-2-11-18-23(21,22)15-9-7-14(8-10-15)19-16(20)12-3-5-13(17)6-4-12/h2-10,18H,1,11H2,(H,19,20). The Bertz CT molecular complexity index is 800. The summed E-state index contributed by atoms with van der Waals surface area (Å²) in [7, 11) is -3.56. The Kier molecular flexibility index (Phi) is 5.70. The normalized spacial score (nSPS) is 11.0. The Hall–Kier alpha value is -1.96. The number of hydrogen-bond donors (Lipinski definition) is 2. The lowest BCUT2D eigenvalue weighted by atomic mass is 10.2. The Morgan fingerprint density at radius 1 is 1.09 bits per heavy atom. The molecule has 0 saturated heterocycles. The molecule has 0 aliphatic rings. The van der Waals surface area contributed by atoms with Gasteiger partial charge in [-0.2, -0.15) is 0 Å². The molecule has 2 rings (SSSR count). The second-order valence-electron chi connectivity index (χ2n) is 4.63. The van der Waals surface area contributed by atoms with Crippen LogP contribution in [0.2, 0.25) is 0 Å². The van der Waals surface area contributed by atoms with Crippen LogP contribution < -0.4 is 10.0 Å². The average molecular weight is 395 g/mol. The fourth-order valence-electron chi connectivity index (χ4n) is 1.77. The molecule has 0 bridgehead atoms. The maximum Gasteiger partial charge on any atom is 0.255 e. The lowest BCUT2D eigenvalue weighted by Crippen LogP contribution is -2.23. The highest BCUT2D eigenvalue weighted by Gasteiger charge is 2.13. The van der Waals surface area contributed by atoms with Crippen LogP contribution in [0.15, 0.2) is 70.6 Å². The van der Waals surface area contributed by atoms with Gasteiger partial charge in [0.25, 0.3) is 5.91 Å². The molecule has 0 spiro atoms. The molecule has 0 unspecified atom stereocenters. The van der Waals surface area contributed by atoms with Crippen LogP contribution in [-0.2, 0) is 10.0 Å². The van der Waals surface area contributed by atoms with E-state index in [-0.39, 0.29) is 17.3 Å². The minimum absolute atomic E-state index is 0.126. The maximum absolute atomic E-state index is 12.1. The predicted octanol–water partition coefficient (Wildman–Crippen LogP) is 3.17. The van der Waals surface area contributed by atoms with Crippen LogP contribution in [-0.4, -0.2) is 20.9 Å². The molecule has 7 heteroatoms. The number of carbonyl (C=O) groups is 1. The van der Waals surface area contributed by atoms with Gasteiger partial charge in [0.05, 0.1) is 4.90 Å². The van der Waals surface area contributed by atoms with Crippen molar-refractivity contribution in [1.82, 2.24) is 4.72 Å². The molecule has 0 heterocycles. The van der Waals surface area contributed by atoms with Gasteiger partial charge in [-0.3, -0.25) is 4.79 Å². The Balaban J connectivity index is 2.09. The highest BCUT2D eigenvalue weighted by Crippen LogP contribution is 2.16. The molecule has 2 aromatic carbocycles. The minimum atomic E-state index is -3.56. The van der Waals surface area contributed by atoms with E-state index in [0.717, 1.165) is 4.47 Å². The fraction of sp³-hybridized carbons (Fsp3) is 0.0625. The van der Waals surface area contributed by atoms with Crippen molar-refractivity contribution >= 4 is 37.5 Å². The van der Waals surface area contributed by atoms with Crippen molar-refractivity contribution in [3.8, 4) is 0 Å². The average Bonchev–Trinajstić information content (AvgIpc) is 2.54. The Morgan fingerprint density at radius 3 is 2.26 bits per heavy atom. The number of rotatable bonds is 6. The van der Waals surface area contributed by atoms with E-state index >= 15 is 0 Å². The molecule has 23 heavy (non-hydrogen) atoms. The first kappa shape index (κ1) is 17.4. The van der Waals surface area contributed by atoms with Gasteiger partial charge < -0.3 is 5.32 Å². The third kappa shape index (κ3) is 4.75. The van der Waals surface area contributed by atoms with Gasteiger partial charge >= 0.3 is 0 Å². The third-order valence-electron chi connectivity index (χ3n) is 2.95. The number of amides is 1. The van der Waals surface area contributed by atoms with Crippen molar-refractivity contribution in [3.05, 3.63) is 71.2 Å². The van der Waals surface area contributed by atoms with Crippen molar-refractivity contribution in [1.29, 1.82) is 0 Å². The van der Waals surface area contributed by atoms with Crippen molar-refractivity contribution in [2.24, 2.45) is 0 Å². The molecule has 1 amide bonds. The molecular weight excluding hydrogens is 380 g/mol. The van der Waals surface area contributed by atoms with Crippen LogP contribution in [0.25, 0.3) is 0 Å². The van der Waals surface area contributed by atoms with E-state index in [9.17, 15) is 13.2 Å². The summed E-state index contributed by atoms with van der Waals surface area (Å²) < 4.78 is 27.1. The number of halogens is 1. The smallest absolute Gasteiger partial charge is 0.255 e. The molecule has 2 aromatic rings. The van der Waals surface area contributed by atoms with Gasteiger partial charge in [-0.1, -0.05) is 22.0 Å². The lowest BCUT2D eigenvalue weighted by molar-refractivity contribution is 0.102. The summed E-state index contributed by atoms with van der Waals surface area (Å²) in [5, 5.41) is 2.71. The molecular formula is C16H15BrN2O3S. The summed E-state index contributed by atoms with van der Waals surface area (Å²) in [6.45, 7) is 3.62. The topological polar surface area (TPSA) is 75.3 Å². The van der Waals surface area contributed by atoms with Crippen LogP contribution in [0.5, 0.6) is 0 Å². The van der Waals surface area contributed by atoms with E-state index in [1.54, 1.807) is 36.4 Å². The summed E-state index contributed by atoms with van der Waals surface area (Å²) in [6.07, 6.45) is 1.46.